The number of aryl methyl sites for hydroxylation is 1. The van der Waals surface area contributed by atoms with Gasteiger partial charge in [0.2, 0.25) is 0 Å². The number of carbonyl (C=O) groups excluding carboxylic acids is 1. The summed E-state index contributed by atoms with van der Waals surface area (Å²) in [6, 6.07) is 7.88. The molecule has 0 heterocycles. The van der Waals surface area contributed by atoms with Crippen LogP contribution in [-0.2, 0) is 11.2 Å². The largest absolute Gasteiger partial charge is 0.370 e. The molecule has 1 aliphatic carbocycles. The Morgan fingerprint density at radius 2 is 1.89 bits per heavy atom. The van der Waals surface area contributed by atoms with E-state index in [2.05, 4.69) is 6.92 Å². The van der Waals surface area contributed by atoms with Gasteiger partial charge in [0.25, 0.3) is 0 Å². The van der Waals surface area contributed by atoms with Gasteiger partial charge in [-0.15, -0.1) is 0 Å². The third-order valence-corrected chi connectivity index (χ3v) is 4.07. The van der Waals surface area contributed by atoms with Gasteiger partial charge >= 0.3 is 0 Å². The minimum absolute atomic E-state index is 0.0978. The molecule has 104 valence electrons. The van der Waals surface area contributed by atoms with Crippen LogP contribution in [0.25, 0.3) is 0 Å². The van der Waals surface area contributed by atoms with Gasteiger partial charge in [-0.1, -0.05) is 44.0 Å². The highest BCUT2D eigenvalue weighted by atomic mass is 16.5. The number of benzene rings is 1. The monoisotopic (exact) mass is 260 g/mol. The van der Waals surface area contributed by atoms with Gasteiger partial charge in [-0.3, -0.25) is 4.79 Å². The molecule has 2 nitrogen and oxygen atoms in total. The van der Waals surface area contributed by atoms with Crippen molar-refractivity contribution >= 4 is 5.78 Å². The number of ketones is 1. The van der Waals surface area contributed by atoms with Crippen LogP contribution < -0.4 is 0 Å². The van der Waals surface area contributed by atoms with Gasteiger partial charge in [0.1, 0.15) is 6.10 Å². The van der Waals surface area contributed by atoms with Crippen LogP contribution >= 0.6 is 0 Å². The van der Waals surface area contributed by atoms with Crippen molar-refractivity contribution in [3.05, 3.63) is 35.4 Å². The highest BCUT2D eigenvalue weighted by Gasteiger charge is 2.20. The zero-order valence-electron chi connectivity index (χ0n) is 12.0. The molecule has 0 aromatic heterocycles. The lowest BCUT2D eigenvalue weighted by atomic mass is 10.0. The Balaban J connectivity index is 1.86. The molecule has 2 rings (SSSR count). The van der Waals surface area contributed by atoms with Crippen molar-refractivity contribution in [3.8, 4) is 0 Å². The Bertz CT molecular complexity index is 402. The topological polar surface area (TPSA) is 26.3 Å². The molecule has 0 aliphatic heterocycles. The molecule has 0 N–H and O–H groups in total. The molecule has 0 spiro atoms. The fraction of sp³-hybridized carbons (Fsp3) is 0.588. The second-order valence-corrected chi connectivity index (χ2v) is 5.54. The number of rotatable bonds is 6. The van der Waals surface area contributed by atoms with E-state index >= 15 is 0 Å². The van der Waals surface area contributed by atoms with Gasteiger partial charge in [-0.2, -0.15) is 0 Å². The second-order valence-electron chi connectivity index (χ2n) is 5.54. The molecule has 19 heavy (non-hydrogen) atoms. The van der Waals surface area contributed by atoms with Gasteiger partial charge in [0.05, 0.1) is 6.61 Å². The summed E-state index contributed by atoms with van der Waals surface area (Å²) in [6.07, 6.45) is 5.82. The molecule has 0 amide bonds. The summed E-state index contributed by atoms with van der Waals surface area (Å²) in [7, 11) is 0. The maximum Gasteiger partial charge on any atom is 0.191 e. The van der Waals surface area contributed by atoms with Crippen LogP contribution in [0.15, 0.2) is 24.3 Å². The maximum absolute atomic E-state index is 12.2. The van der Waals surface area contributed by atoms with E-state index in [1.165, 1.54) is 31.2 Å². The van der Waals surface area contributed by atoms with Crippen LogP contribution in [0, 0.1) is 5.92 Å². The summed E-state index contributed by atoms with van der Waals surface area (Å²) >= 11 is 0. The van der Waals surface area contributed by atoms with Gasteiger partial charge in [-0.05, 0) is 37.7 Å². The Labute approximate surface area is 116 Å². The highest BCUT2D eigenvalue weighted by Crippen LogP contribution is 2.25. The van der Waals surface area contributed by atoms with E-state index in [4.69, 9.17) is 4.74 Å². The van der Waals surface area contributed by atoms with E-state index in [0.717, 1.165) is 18.6 Å². The summed E-state index contributed by atoms with van der Waals surface area (Å²) in [5.74, 6) is 0.762. The van der Waals surface area contributed by atoms with Crippen LogP contribution in [0.1, 0.15) is 55.5 Å². The van der Waals surface area contributed by atoms with Gasteiger partial charge in [-0.25, -0.2) is 0 Å². The first-order valence-electron chi connectivity index (χ1n) is 7.45. The molecule has 1 aliphatic rings. The standard InChI is InChI=1S/C17H24O2/c1-3-14-8-10-16(11-9-14)17(18)13(2)19-12-15-6-4-5-7-15/h8-11,13,15H,3-7,12H2,1-2H3. The Morgan fingerprint density at radius 1 is 1.26 bits per heavy atom. The molecular formula is C17H24O2. The molecule has 1 aromatic carbocycles. The smallest absolute Gasteiger partial charge is 0.191 e. The lowest BCUT2D eigenvalue weighted by molar-refractivity contribution is 0.0351. The van der Waals surface area contributed by atoms with Crippen LogP contribution in [0.4, 0.5) is 0 Å². The lowest BCUT2D eigenvalue weighted by Crippen LogP contribution is -2.23. The van der Waals surface area contributed by atoms with Gasteiger partial charge in [0, 0.05) is 5.56 Å². The molecule has 1 unspecified atom stereocenters. The molecule has 1 atom stereocenters. The molecule has 0 bridgehead atoms. The second kappa shape index (κ2) is 6.85. The number of ether oxygens (including phenoxy) is 1. The summed E-state index contributed by atoms with van der Waals surface area (Å²) in [5.41, 5.74) is 2.02. The predicted molar refractivity (Wildman–Crippen MR) is 77.5 cm³/mol. The summed E-state index contributed by atoms with van der Waals surface area (Å²) in [5, 5.41) is 0. The van der Waals surface area contributed by atoms with E-state index in [1.54, 1.807) is 0 Å². The minimum atomic E-state index is -0.326. The Hall–Kier alpha value is -1.15. The summed E-state index contributed by atoms with van der Waals surface area (Å²) < 4.78 is 5.75. The maximum atomic E-state index is 12.2. The predicted octanol–water partition coefficient (Wildman–Crippen LogP) is 4.03. The zero-order valence-corrected chi connectivity index (χ0v) is 12.0. The fourth-order valence-electron chi connectivity index (χ4n) is 2.67. The molecule has 0 saturated heterocycles. The molecular weight excluding hydrogens is 236 g/mol. The van der Waals surface area contributed by atoms with Crippen molar-refractivity contribution in [1.82, 2.24) is 0 Å². The Kier molecular flexibility index (Phi) is 5.15. The molecule has 0 radical (unpaired) electrons. The number of hydrogen-bond acceptors (Lipinski definition) is 2. The quantitative estimate of drug-likeness (QED) is 0.722. The van der Waals surface area contributed by atoms with Crippen molar-refractivity contribution in [2.75, 3.05) is 6.61 Å². The minimum Gasteiger partial charge on any atom is -0.370 e. The number of Topliss-reactive ketones (excluding diaryl/α,β-unsaturated/α-hetero) is 1. The van der Waals surface area contributed by atoms with Gasteiger partial charge < -0.3 is 4.74 Å². The summed E-state index contributed by atoms with van der Waals surface area (Å²) in [6.45, 7) is 4.72. The van der Waals surface area contributed by atoms with E-state index in [9.17, 15) is 4.79 Å². The van der Waals surface area contributed by atoms with Crippen molar-refractivity contribution in [3.63, 3.8) is 0 Å². The normalized spacial score (nSPS) is 17.6. The zero-order chi connectivity index (χ0) is 13.7. The van der Waals surface area contributed by atoms with Crippen molar-refractivity contribution in [2.45, 2.75) is 52.1 Å². The number of hydrogen-bond donors (Lipinski definition) is 0. The summed E-state index contributed by atoms with van der Waals surface area (Å²) in [4.78, 5) is 12.2. The molecule has 1 saturated carbocycles. The first-order chi connectivity index (χ1) is 9.20. The fourth-order valence-corrected chi connectivity index (χ4v) is 2.67. The SMILES string of the molecule is CCc1ccc(C(=O)C(C)OCC2CCCC2)cc1. The first-order valence-corrected chi connectivity index (χ1v) is 7.45. The van der Waals surface area contributed by atoms with E-state index < -0.39 is 0 Å². The van der Waals surface area contributed by atoms with Crippen molar-refractivity contribution in [1.29, 1.82) is 0 Å². The average molecular weight is 260 g/mol. The van der Waals surface area contributed by atoms with Crippen LogP contribution in [0.2, 0.25) is 0 Å². The van der Waals surface area contributed by atoms with E-state index in [-0.39, 0.29) is 11.9 Å². The molecule has 1 fully saturated rings. The Morgan fingerprint density at radius 3 is 2.47 bits per heavy atom. The van der Waals surface area contributed by atoms with Crippen molar-refractivity contribution < 1.29 is 9.53 Å². The van der Waals surface area contributed by atoms with E-state index in [1.807, 2.05) is 31.2 Å². The van der Waals surface area contributed by atoms with E-state index in [0.29, 0.717) is 5.92 Å². The first kappa shape index (κ1) is 14.3. The van der Waals surface area contributed by atoms with Crippen molar-refractivity contribution in [2.24, 2.45) is 5.92 Å². The molecule has 2 heteroatoms. The lowest BCUT2D eigenvalue weighted by Gasteiger charge is -2.15. The van der Waals surface area contributed by atoms with Crippen LogP contribution in [-0.4, -0.2) is 18.5 Å². The third kappa shape index (κ3) is 3.90. The average Bonchev–Trinajstić information content (AvgIpc) is 2.97. The molecule has 1 aromatic rings. The van der Waals surface area contributed by atoms with Crippen LogP contribution in [0.3, 0.4) is 0 Å². The van der Waals surface area contributed by atoms with Crippen LogP contribution in [0.5, 0.6) is 0 Å². The number of carbonyl (C=O) groups is 1. The third-order valence-electron chi connectivity index (χ3n) is 4.07. The highest BCUT2D eigenvalue weighted by molar-refractivity contribution is 5.99. The van der Waals surface area contributed by atoms with Gasteiger partial charge in [0.15, 0.2) is 5.78 Å².